The van der Waals surface area contributed by atoms with E-state index in [1.54, 1.807) is 75.5 Å². The topological polar surface area (TPSA) is 273 Å². The van der Waals surface area contributed by atoms with Gasteiger partial charge in [-0.3, -0.25) is 0 Å². The van der Waals surface area contributed by atoms with E-state index in [2.05, 4.69) is 71.2 Å². The van der Waals surface area contributed by atoms with Gasteiger partial charge in [-0.25, -0.2) is 4.39 Å². The van der Waals surface area contributed by atoms with Crippen LogP contribution in [0.1, 0.15) is 223 Å². The number of terminal acetylenes is 5. The molecule has 1 aromatic carbocycles. The first-order chi connectivity index (χ1) is 58.7. The molecule has 0 amide bonds. The largest absolute Gasteiger partial charge is 0.491 e. The molecule has 8 N–H and O–H groups in total. The van der Waals surface area contributed by atoms with Crippen LogP contribution in [-0.2, 0) is 28.8 Å². The van der Waals surface area contributed by atoms with Crippen molar-refractivity contribution in [1.82, 2.24) is 0 Å². The molecule has 2 rings (SSSR count). The van der Waals surface area contributed by atoms with Crippen LogP contribution in [0.25, 0.3) is 0 Å². The van der Waals surface area contributed by atoms with Crippen molar-refractivity contribution in [3.05, 3.63) is 188 Å². The highest BCUT2D eigenvalue weighted by atomic mass is 19.3. The number of carbonyl (C=O) groups is 6. The van der Waals surface area contributed by atoms with Crippen LogP contribution in [0.3, 0.4) is 0 Å². The molecule has 10 atom stereocenters. The van der Waals surface area contributed by atoms with Gasteiger partial charge in [-0.1, -0.05) is 183 Å². The SMILES string of the molecule is C#CCC/C=C/C=C/C#CCCCCC(C)=O.C#CC[C@@H](O)/C=C/C=C/C#CC(F)(F)CCCC(C)=O.C#CC[C@@H](O)/C=C/C=C/C#CC(F)(F)CCCC(C)=O.C#CC[C@@H](O)/C=C/C=C/C(C)=C\C(O)CCCC(C)=O.C#CC[C@@H](O)/C=C/C=C/[C@@H]1C[C@@H]1[C@@H](O)CCCC(C)=O.CC(=O)CC(C)(C)C[C@H](O)C#C/C=C/C=C/[C@H](O)COc1ccc(F)cc1. The van der Waals surface area contributed by atoms with Crippen molar-refractivity contribution in [2.75, 3.05) is 6.61 Å². The van der Waals surface area contributed by atoms with E-state index in [0.717, 1.165) is 50.5 Å². The molecule has 1 saturated carbocycles. The summed E-state index contributed by atoms with van der Waals surface area (Å²) < 4.78 is 71.0. The molecule has 20 heteroatoms. The highest BCUT2D eigenvalue weighted by Crippen LogP contribution is 2.43. The van der Waals surface area contributed by atoms with Gasteiger partial charge in [0.1, 0.15) is 65.1 Å². The Bertz CT molecular complexity index is 4080. The van der Waals surface area contributed by atoms with Crippen molar-refractivity contribution in [2.24, 2.45) is 17.3 Å². The number of hydrogen-bond acceptors (Lipinski definition) is 15. The van der Waals surface area contributed by atoms with Crippen molar-refractivity contribution in [3.63, 3.8) is 0 Å². The van der Waals surface area contributed by atoms with Gasteiger partial charge in [0.15, 0.2) is 0 Å². The lowest BCUT2D eigenvalue weighted by Crippen LogP contribution is -2.22. The first-order valence-electron chi connectivity index (χ1n) is 41.2. The van der Waals surface area contributed by atoms with Crippen molar-refractivity contribution in [3.8, 4) is 115 Å². The summed E-state index contributed by atoms with van der Waals surface area (Å²) in [5.41, 5.74) is 0.634. The van der Waals surface area contributed by atoms with E-state index < -0.39 is 67.4 Å². The Morgan fingerprint density at radius 2 is 0.895 bits per heavy atom. The normalized spacial score (nSPS) is 15.1. The Kier molecular flexibility index (Phi) is 75.1. The number of unbranched alkanes of at least 4 members (excludes halogenated alkanes) is 3. The van der Waals surface area contributed by atoms with Crippen LogP contribution in [0.15, 0.2) is 182 Å². The highest BCUT2D eigenvalue weighted by molar-refractivity contribution is 5.77. The first-order valence-corrected chi connectivity index (χ1v) is 41.2. The number of ketones is 6. The monoisotopic (exact) mass is 1710 g/mol. The van der Waals surface area contributed by atoms with Gasteiger partial charge < -0.3 is 74.4 Å². The lowest BCUT2D eigenvalue weighted by Gasteiger charge is -2.23. The minimum atomic E-state index is -3.09. The third kappa shape index (κ3) is 88.8. The lowest BCUT2D eigenvalue weighted by molar-refractivity contribution is -0.119. The molecule has 15 nitrogen and oxygen atoms in total. The molecule has 1 aliphatic rings. The summed E-state index contributed by atoms with van der Waals surface area (Å²) in [6.45, 7) is 14.8. The molecule has 0 radical (unpaired) electrons. The summed E-state index contributed by atoms with van der Waals surface area (Å²) >= 11 is 0. The number of aliphatic hydroxyl groups excluding tert-OH is 8. The van der Waals surface area contributed by atoms with Crippen LogP contribution in [0.4, 0.5) is 22.0 Å². The quantitative estimate of drug-likeness (QED) is 0.0130. The molecular weight excluding hydrogens is 1580 g/mol. The van der Waals surface area contributed by atoms with Gasteiger partial charge in [0.2, 0.25) is 0 Å². The molecule has 1 unspecified atom stereocenters. The van der Waals surface area contributed by atoms with E-state index in [-0.39, 0.29) is 97.2 Å². The molecular formula is C104H131F5O15. The van der Waals surface area contributed by atoms with E-state index in [1.807, 2.05) is 69.1 Å². The Labute approximate surface area is 737 Å². The minimum absolute atomic E-state index is 0.0472. The number of allylic oxidation sites excluding steroid dienone is 20. The Hall–Kier alpha value is -11.0. The molecule has 1 aromatic rings. The van der Waals surface area contributed by atoms with Crippen molar-refractivity contribution in [1.29, 1.82) is 0 Å². The number of alkyl halides is 4. The number of rotatable bonds is 48. The first kappa shape index (κ1) is 119. The van der Waals surface area contributed by atoms with Crippen LogP contribution in [0, 0.1) is 132 Å². The molecule has 124 heavy (non-hydrogen) atoms. The summed E-state index contributed by atoms with van der Waals surface area (Å²) in [6, 6.07) is 5.55. The second kappa shape index (κ2) is 78.0. The summed E-state index contributed by atoms with van der Waals surface area (Å²) in [7, 11) is 0. The second-order valence-corrected chi connectivity index (χ2v) is 29.6. The molecule has 0 aromatic heterocycles. The highest BCUT2D eigenvalue weighted by Gasteiger charge is 2.40. The zero-order chi connectivity index (χ0) is 94.3. The summed E-state index contributed by atoms with van der Waals surface area (Å²) in [5.74, 6) is 26.7. The molecule has 1 aliphatic carbocycles. The second-order valence-electron chi connectivity index (χ2n) is 29.6. The van der Waals surface area contributed by atoms with Gasteiger partial charge in [-0.2, -0.15) is 17.6 Å². The summed E-state index contributed by atoms with van der Waals surface area (Å²) in [4.78, 5) is 64.7. The predicted octanol–water partition coefficient (Wildman–Crippen LogP) is 17.7. The fourth-order valence-corrected chi connectivity index (χ4v) is 10.1. The van der Waals surface area contributed by atoms with E-state index in [9.17, 15) is 91.6 Å². The Morgan fingerprint density at radius 1 is 0.476 bits per heavy atom. The Morgan fingerprint density at radius 3 is 1.35 bits per heavy atom. The molecule has 0 spiro atoms. The van der Waals surface area contributed by atoms with Gasteiger partial charge in [0.25, 0.3) is 0 Å². The number of ether oxygens (including phenoxy) is 1. The van der Waals surface area contributed by atoms with Gasteiger partial charge in [-0.05, 0) is 197 Å². The summed E-state index contributed by atoms with van der Waals surface area (Å²) in [5, 5.41) is 76.6. The van der Waals surface area contributed by atoms with Gasteiger partial charge in [-0.15, -0.1) is 61.7 Å². The smallest absolute Gasteiger partial charge is 0.308 e. The number of halogens is 5. The van der Waals surface area contributed by atoms with E-state index in [0.29, 0.717) is 81.8 Å². The third-order valence-electron chi connectivity index (χ3n) is 16.3. The number of aliphatic hydroxyl groups is 8. The van der Waals surface area contributed by atoms with Crippen molar-refractivity contribution >= 4 is 34.7 Å². The fourth-order valence-electron chi connectivity index (χ4n) is 10.1. The predicted molar refractivity (Wildman–Crippen MR) is 489 cm³/mol. The Balaban J connectivity index is -0.000000701. The van der Waals surface area contributed by atoms with Crippen LogP contribution in [0.2, 0.25) is 0 Å². The van der Waals surface area contributed by atoms with Crippen LogP contribution in [-0.4, -0.2) is 143 Å². The van der Waals surface area contributed by atoms with Gasteiger partial charge in [0.05, 0.1) is 36.6 Å². The molecule has 0 heterocycles. The van der Waals surface area contributed by atoms with E-state index >= 15 is 0 Å². The number of carbonyl (C=O) groups excluding carboxylic acids is 6. The van der Waals surface area contributed by atoms with Crippen molar-refractivity contribution in [2.45, 2.75) is 284 Å². The van der Waals surface area contributed by atoms with Crippen molar-refractivity contribution < 1.29 is 96.3 Å². The van der Waals surface area contributed by atoms with Crippen LogP contribution < -0.4 is 4.74 Å². The molecule has 672 valence electrons. The minimum Gasteiger partial charge on any atom is -0.491 e. The van der Waals surface area contributed by atoms with Crippen LogP contribution >= 0.6 is 0 Å². The standard InChI is InChI=1S/C22H27FO4.2C17H24O3.2C16H18F2O2.C16H20O/c1-17(24)14-22(2,3)15-19(25)8-6-4-5-7-9-20(26)16-27-21-12-10-18(23)11-13-21;1-3-7-15(19)10-5-4-9-14-12-16(14)17(20)11-6-8-13(2)18;1-4-8-16(19)11-6-5-9-14(2)13-17(20)12-7-10-15(3)18;2*1-3-9-15(20)11-6-4-5-7-12-16(17,18)13-8-10-14(2)19;1-3-4-5-6-7-8-9-10-11-12-13-14-15-16(2)17/h4-5,7,9-13,19-20,25-26H,14-16H2,1-3H3;1,4-5,9-10,14-17,19-20H,6-8,11-12H2,2H3;1,5-6,9,11,13,16-17,19-20H,7-8,10,12H2,2-3H3;2*1,4-6,11,15,20H,8-10,13H2,2H3;1,6-9H,4-5,12-15H2,2H3/b5-4+,9-7+;9-4+,10-5+;9-5+,11-6+,14-13-;2*5-4+,11-6+;7-6+,9-8+/t19-,20+;14-,15-,16+,17+;16-,17?;2*15-;/m11111./s1. The average molecular weight is 1720 g/mol. The number of benzene rings is 1. The lowest BCUT2D eigenvalue weighted by atomic mass is 9.82. The van der Waals surface area contributed by atoms with Gasteiger partial charge >= 0.3 is 11.8 Å². The molecule has 0 aliphatic heterocycles. The fraction of sp³-hybridized carbons (Fsp3) is 0.462. The van der Waals surface area contributed by atoms with Gasteiger partial charge in [0, 0.05) is 89.9 Å². The third-order valence-corrected chi connectivity index (χ3v) is 16.3. The molecule has 0 bridgehead atoms. The number of Topliss-reactive ketones (excluding diaryl/α,β-unsaturated/α-hetero) is 6. The maximum Gasteiger partial charge on any atom is 0.308 e. The molecule has 0 saturated heterocycles. The molecule has 1 fully saturated rings. The van der Waals surface area contributed by atoms with E-state index in [4.69, 9.17) is 36.9 Å². The maximum atomic E-state index is 13.2. The summed E-state index contributed by atoms with van der Waals surface area (Å²) in [6.07, 6.45) is 73.2. The maximum absolute atomic E-state index is 13.2. The van der Waals surface area contributed by atoms with Crippen LogP contribution in [0.5, 0.6) is 5.75 Å². The average Bonchev–Trinajstić information content (AvgIpc) is 1.67. The van der Waals surface area contributed by atoms with E-state index in [1.165, 1.54) is 99.7 Å². The zero-order valence-electron chi connectivity index (χ0n) is 73.6. The number of hydrogen-bond donors (Lipinski definition) is 8. The zero-order valence-corrected chi connectivity index (χ0v) is 73.6.